The third-order valence-corrected chi connectivity index (χ3v) is 4.87. The summed E-state index contributed by atoms with van der Waals surface area (Å²) in [5, 5.41) is 13.7. The lowest BCUT2D eigenvalue weighted by Gasteiger charge is -2.38. The number of phenols is 1. The van der Waals surface area contributed by atoms with Crippen LogP contribution >= 0.6 is 0 Å². The number of amides is 1. The van der Waals surface area contributed by atoms with E-state index in [0.717, 1.165) is 22.7 Å². The first-order valence-electron chi connectivity index (χ1n) is 9.41. The number of ether oxygens (including phenoxy) is 2. The van der Waals surface area contributed by atoms with Gasteiger partial charge in [-0.25, -0.2) is 0 Å². The molecule has 1 heterocycles. The second kappa shape index (κ2) is 7.75. The molecule has 6 nitrogen and oxygen atoms in total. The van der Waals surface area contributed by atoms with Gasteiger partial charge in [0.2, 0.25) is 0 Å². The van der Waals surface area contributed by atoms with E-state index in [1.165, 1.54) is 7.11 Å². The number of aromatic hydroxyl groups is 1. The van der Waals surface area contributed by atoms with Crippen molar-refractivity contribution in [3.63, 3.8) is 0 Å². The molecule has 0 fully saturated rings. The molecule has 148 valence electrons. The Morgan fingerprint density at radius 3 is 2.52 bits per heavy atom. The van der Waals surface area contributed by atoms with Crippen LogP contribution in [0.4, 0.5) is 11.4 Å². The Hall–Kier alpha value is -3.67. The molecular weight excluding hydrogens is 368 g/mol. The minimum absolute atomic E-state index is 0.0183. The van der Waals surface area contributed by atoms with Crippen molar-refractivity contribution < 1.29 is 19.4 Å². The van der Waals surface area contributed by atoms with E-state index in [-0.39, 0.29) is 11.7 Å². The highest BCUT2D eigenvalue weighted by molar-refractivity contribution is 6.12. The fourth-order valence-electron chi connectivity index (χ4n) is 3.50. The molecule has 0 aromatic heterocycles. The smallest absolute Gasteiger partial charge is 0.262 e. The average Bonchev–Trinajstić information content (AvgIpc) is 2.74. The van der Waals surface area contributed by atoms with E-state index in [2.05, 4.69) is 5.32 Å². The van der Waals surface area contributed by atoms with Gasteiger partial charge in [-0.2, -0.15) is 0 Å². The topological polar surface area (TPSA) is 71.0 Å². The van der Waals surface area contributed by atoms with E-state index < -0.39 is 6.17 Å². The molecular formula is C23H22N2O4. The van der Waals surface area contributed by atoms with Crippen LogP contribution in [0.3, 0.4) is 0 Å². The minimum Gasteiger partial charge on any atom is -0.504 e. The maximum absolute atomic E-state index is 13.4. The van der Waals surface area contributed by atoms with Gasteiger partial charge in [0.05, 0.1) is 19.3 Å². The molecule has 3 aromatic rings. The van der Waals surface area contributed by atoms with Gasteiger partial charge in [-0.05, 0) is 61.0 Å². The lowest BCUT2D eigenvalue weighted by Crippen LogP contribution is -2.43. The molecule has 0 unspecified atom stereocenters. The average molecular weight is 390 g/mol. The number of benzene rings is 3. The maximum Gasteiger partial charge on any atom is 0.262 e. The number of nitrogens with zero attached hydrogens (tertiary/aromatic N) is 1. The van der Waals surface area contributed by atoms with Crippen molar-refractivity contribution in [3.05, 3.63) is 77.9 Å². The molecule has 1 aliphatic heterocycles. The Balaban J connectivity index is 1.80. The van der Waals surface area contributed by atoms with E-state index in [1.807, 2.05) is 55.5 Å². The largest absolute Gasteiger partial charge is 0.504 e. The number of fused-ring (bicyclic) bond motifs is 1. The highest BCUT2D eigenvalue weighted by atomic mass is 16.5. The second-order valence-corrected chi connectivity index (χ2v) is 6.63. The summed E-state index contributed by atoms with van der Waals surface area (Å²) in [5.74, 6) is 1.02. The summed E-state index contributed by atoms with van der Waals surface area (Å²) in [7, 11) is 1.50. The van der Waals surface area contributed by atoms with Crippen LogP contribution in [-0.2, 0) is 0 Å². The summed E-state index contributed by atoms with van der Waals surface area (Å²) in [5.41, 5.74) is 2.80. The van der Waals surface area contributed by atoms with Crippen molar-refractivity contribution in [1.82, 2.24) is 0 Å². The van der Waals surface area contributed by atoms with Crippen LogP contribution in [0.2, 0.25) is 0 Å². The van der Waals surface area contributed by atoms with Gasteiger partial charge in [0.1, 0.15) is 11.9 Å². The quantitative estimate of drug-likeness (QED) is 0.668. The number of anilines is 2. The normalized spacial score (nSPS) is 15.4. The lowest BCUT2D eigenvalue weighted by atomic mass is 10.0. The number of hydrogen-bond acceptors (Lipinski definition) is 5. The van der Waals surface area contributed by atoms with Gasteiger partial charge in [0, 0.05) is 11.4 Å². The van der Waals surface area contributed by atoms with Gasteiger partial charge < -0.3 is 19.9 Å². The first kappa shape index (κ1) is 18.7. The fraction of sp³-hybridized carbons (Fsp3) is 0.174. The van der Waals surface area contributed by atoms with Crippen molar-refractivity contribution >= 4 is 17.3 Å². The molecule has 1 atom stereocenters. The molecule has 2 N–H and O–H groups in total. The Morgan fingerprint density at radius 1 is 1.07 bits per heavy atom. The van der Waals surface area contributed by atoms with Crippen LogP contribution in [0, 0.1) is 0 Å². The Morgan fingerprint density at radius 2 is 1.83 bits per heavy atom. The third kappa shape index (κ3) is 3.45. The highest BCUT2D eigenvalue weighted by Crippen LogP contribution is 2.39. The molecule has 29 heavy (non-hydrogen) atoms. The number of methoxy groups -OCH3 is 1. The van der Waals surface area contributed by atoms with Crippen molar-refractivity contribution in [2.45, 2.75) is 13.1 Å². The van der Waals surface area contributed by atoms with Gasteiger partial charge in [-0.1, -0.05) is 18.2 Å². The van der Waals surface area contributed by atoms with Crippen LogP contribution in [0.5, 0.6) is 17.2 Å². The maximum atomic E-state index is 13.4. The first-order valence-corrected chi connectivity index (χ1v) is 9.41. The highest BCUT2D eigenvalue weighted by Gasteiger charge is 2.34. The third-order valence-electron chi connectivity index (χ3n) is 4.87. The Kier molecular flexibility index (Phi) is 4.99. The van der Waals surface area contributed by atoms with E-state index in [1.54, 1.807) is 23.1 Å². The van der Waals surface area contributed by atoms with E-state index in [4.69, 9.17) is 9.47 Å². The summed E-state index contributed by atoms with van der Waals surface area (Å²) in [6.07, 6.45) is -0.493. The molecule has 0 saturated heterocycles. The summed E-state index contributed by atoms with van der Waals surface area (Å²) in [6.45, 7) is 2.50. The predicted molar refractivity (Wildman–Crippen MR) is 112 cm³/mol. The molecule has 3 aromatic carbocycles. The van der Waals surface area contributed by atoms with Crippen LogP contribution < -0.4 is 19.7 Å². The second-order valence-electron chi connectivity index (χ2n) is 6.63. The molecule has 0 radical (unpaired) electrons. The van der Waals surface area contributed by atoms with Crippen molar-refractivity contribution in [1.29, 1.82) is 0 Å². The van der Waals surface area contributed by atoms with Gasteiger partial charge in [0.25, 0.3) is 5.91 Å². The number of carbonyl (C=O) groups excluding carboxylic acids is 1. The molecule has 0 saturated carbocycles. The van der Waals surface area contributed by atoms with E-state index in [9.17, 15) is 9.90 Å². The number of phenolic OH excluding ortho intramolecular Hbond substituents is 1. The Labute approximate surface area is 169 Å². The molecule has 0 aliphatic carbocycles. The molecule has 6 heteroatoms. The monoisotopic (exact) mass is 390 g/mol. The van der Waals surface area contributed by atoms with Crippen molar-refractivity contribution in [3.8, 4) is 17.2 Å². The lowest BCUT2D eigenvalue weighted by molar-refractivity contribution is 0.0975. The van der Waals surface area contributed by atoms with Crippen molar-refractivity contribution in [2.24, 2.45) is 0 Å². The van der Waals surface area contributed by atoms with E-state index >= 15 is 0 Å². The van der Waals surface area contributed by atoms with E-state index in [0.29, 0.717) is 17.9 Å². The fourth-order valence-corrected chi connectivity index (χ4v) is 3.50. The number of carbonyl (C=O) groups is 1. The summed E-state index contributed by atoms with van der Waals surface area (Å²) in [4.78, 5) is 15.1. The summed E-state index contributed by atoms with van der Waals surface area (Å²) < 4.78 is 10.7. The van der Waals surface area contributed by atoms with Crippen LogP contribution in [-0.4, -0.2) is 24.7 Å². The summed E-state index contributed by atoms with van der Waals surface area (Å²) in [6, 6.07) is 19.9. The zero-order valence-electron chi connectivity index (χ0n) is 16.3. The molecule has 0 spiro atoms. The van der Waals surface area contributed by atoms with Gasteiger partial charge in [0.15, 0.2) is 11.5 Å². The molecule has 4 rings (SSSR count). The Bertz CT molecular complexity index is 1030. The zero-order valence-corrected chi connectivity index (χ0v) is 16.3. The number of rotatable bonds is 5. The standard InChI is InChI=1S/C23H22N2O4/c1-3-29-17-11-9-16(10-12-17)25-22(15-8-13-21(28-2)20(26)14-15)24-19-7-5-4-6-18(19)23(25)27/h4-14,22,24,26H,3H2,1-2H3/t22-/m0/s1. The molecule has 1 aliphatic rings. The van der Waals surface area contributed by atoms with Gasteiger partial charge in [-0.3, -0.25) is 9.69 Å². The van der Waals surface area contributed by atoms with Crippen molar-refractivity contribution in [2.75, 3.05) is 23.9 Å². The molecule has 1 amide bonds. The van der Waals surface area contributed by atoms with Gasteiger partial charge in [-0.15, -0.1) is 0 Å². The van der Waals surface area contributed by atoms with Crippen LogP contribution in [0.25, 0.3) is 0 Å². The first-order chi connectivity index (χ1) is 14.1. The van der Waals surface area contributed by atoms with Crippen LogP contribution in [0.15, 0.2) is 66.7 Å². The predicted octanol–water partition coefficient (Wildman–Crippen LogP) is 4.57. The zero-order chi connectivity index (χ0) is 20.4. The SMILES string of the molecule is CCOc1ccc(N2C(=O)c3ccccc3N[C@@H]2c2ccc(OC)c(O)c2)cc1. The minimum atomic E-state index is -0.493. The number of nitrogens with one attached hydrogen (secondary N) is 1. The molecule has 0 bridgehead atoms. The number of hydrogen-bond donors (Lipinski definition) is 2. The van der Waals surface area contributed by atoms with Gasteiger partial charge >= 0.3 is 0 Å². The van der Waals surface area contributed by atoms with Crippen LogP contribution in [0.1, 0.15) is 29.0 Å². The summed E-state index contributed by atoms with van der Waals surface area (Å²) >= 11 is 0. The number of para-hydroxylation sites is 1.